The predicted molar refractivity (Wildman–Crippen MR) is 71.0 cm³/mol. The van der Waals surface area contributed by atoms with Crippen LogP contribution >= 0.6 is 11.3 Å². The van der Waals surface area contributed by atoms with Gasteiger partial charge in [-0.3, -0.25) is 4.90 Å². The Kier molecular flexibility index (Phi) is 4.22. The minimum absolute atomic E-state index is 0.169. The summed E-state index contributed by atoms with van der Waals surface area (Å²) in [6.07, 6.45) is 0. The summed E-state index contributed by atoms with van der Waals surface area (Å²) in [5.41, 5.74) is 0.693. The highest BCUT2D eigenvalue weighted by Gasteiger charge is 2.08. The molecule has 18 heavy (non-hydrogen) atoms. The van der Waals surface area contributed by atoms with E-state index in [1.165, 1.54) is 17.4 Å². The first-order valence-corrected chi connectivity index (χ1v) is 6.43. The standard InChI is InChI=1S/C12H15FN4S/c1-14-12-16-15-11(18-12)8-17(2)7-9-5-3-4-6-10(9)13/h3-6H,7-8H2,1-2H3,(H,14,16). The SMILES string of the molecule is CNc1nnc(CN(C)Cc2ccccc2F)s1. The van der Waals surface area contributed by atoms with Crippen molar-refractivity contribution in [3.63, 3.8) is 0 Å². The zero-order valence-corrected chi connectivity index (χ0v) is 11.2. The second kappa shape index (κ2) is 5.88. The van der Waals surface area contributed by atoms with Crippen LogP contribution in [-0.4, -0.2) is 29.2 Å². The van der Waals surface area contributed by atoms with Gasteiger partial charge in [0.25, 0.3) is 0 Å². The first-order chi connectivity index (χ1) is 8.69. The van der Waals surface area contributed by atoms with Crippen LogP contribution in [0.5, 0.6) is 0 Å². The van der Waals surface area contributed by atoms with E-state index in [1.807, 2.05) is 25.1 Å². The van der Waals surface area contributed by atoms with E-state index in [4.69, 9.17) is 0 Å². The molecule has 1 aromatic heterocycles. The Labute approximate surface area is 109 Å². The van der Waals surface area contributed by atoms with E-state index in [-0.39, 0.29) is 5.82 Å². The molecule has 6 heteroatoms. The average molecular weight is 266 g/mol. The number of anilines is 1. The van der Waals surface area contributed by atoms with Crippen LogP contribution in [0.2, 0.25) is 0 Å². The first-order valence-electron chi connectivity index (χ1n) is 5.61. The second-order valence-electron chi connectivity index (χ2n) is 4.01. The average Bonchev–Trinajstić information content (AvgIpc) is 2.80. The van der Waals surface area contributed by atoms with Crippen LogP contribution in [0.4, 0.5) is 9.52 Å². The van der Waals surface area contributed by atoms with Crippen molar-refractivity contribution in [3.8, 4) is 0 Å². The van der Waals surface area contributed by atoms with Gasteiger partial charge >= 0.3 is 0 Å². The molecule has 0 saturated heterocycles. The molecule has 0 amide bonds. The highest BCUT2D eigenvalue weighted by atomic mass is 32.1. The number of nitrogens with one attached hydrogen (secondary N) is 1. The van der Waals surface area contributed by atoms with Gasteiger partial charge in [-0.25, -0.2) is 4.39 Å². The fourth-order valence-corrected chi connectivity index (χ4v) is 2.40. The van der Waals surface area contributed by atoms with Crippen LogP contribution in [0.15, 0.2) is 24.3 Å². The minimum atomic E-state index is -0.169. The van der Waals surface area contributed by atoms with Gasteiger partial charge in [0.15, 0.2) is 0 Å². The second-order valence-corrected chi connectivity index (χ2v) is 5.08. The fraction of sp³-hybridized carbons (Fsp3) is 0.333. The van der Waals surface area contributed by atoms with Crippen molar-refractivity contribution >= 4 is 16.5 Å². The largest absolute Gasteiger partial charge is 0.363 e. The number of hydrogen-bond acceptors (Lipinski definition) is 5. The molecule has 0 bridgehead atoms. The molecule has 1 N–H and O–H groups in total. The molecule has 96 valence electrons. The molecule has 0 unspecified atom stereocenters. The van der Waals surface area contributed by atoms with Crippen molar-refractivity contribution in [2.75, 3.05) is 19.4 Å². The Balaban J connectivity index is 1.96. The molecular weight excluding hydrogens is 251 g/mol. The Bertz CT molecular complexity index is 514. The van der Waals surface area contributed by atoms with Crippen molar-refractivity contribution in [1.82, 2.24) is 15.1 Å². The molecule has 0 aliphatic rings. The maximum absolute atomic E-state index is 13.5. The molecule has 2 rings (SSSR count). The molecule has 1 aromatic carbocycles. The molecule has 4 nitrogen and oxygen atoms in total. The van der Waals surface area contributed by atoms with Gasteiger partial charge in [0.05, 0.1) is 6.54 Å². The summed E-state index contributed by atoms with van der Waals surface area (Å²) < 4.78 is 13.5. The van der Waals surface area contributed by atoms with Crippen LogP contribution < -0.4 is 5.32 Å². The van der Waals surface area contributed by atoms with Gasteiger partial charge in [0.2, 0.25) is 5.13 Å². The third-order valence-electron chi connectivity index (χ3n) is 2.48. The molecule has 0 radical (unpaired) electrons. The minimum Gasteiger partial charge on any atom is -0.363 e. The highest BCUT2D eigenvalue weighted by Crippen LogP contribution is 2.17. The number of benzene rings is 1. The van der Waals surface area contributed by atoms with Gasteiger partial charge in [0.1, 0.15) is 10.8 Å². The molecule has 0 aliphatic carbocycles. The van der Waals surface area contributed by atoms with Crippen LogP contribution in [0.1, 0.15) is 10.6 Å². The van der Waals surface area contributed by atoms with Gasteiger partial charge in [-0.05, 0) is 13.1 Å². The Morgan fingerprint density at radius 1 is 1.28 bits per heavy atom. The molecule has 2 aromatic rings. The summed E-state index contributed by atoms with van der Waals surface area (Å²) in [5, 5.41) is 12.7. The predicted octanol–water partition coefficient (Wildman–Crippen LogP) is 2.35. The molecule has 0 atom stereocenters. The van der Waals surface area contributed by atoms with E-state index in [2.05, 4.69) is 15.5 Å². The van der Waals surface area contributed by atoms with Gasteiger partial charge < -0.3 is 5.32 Å². The van der Waals surface area contributed by atoms with Crippen molar-refractivity contribution in [2.24, 2.45) is 0 Å². The third kappa shape index (κ3) is 3.24. The smallest absolute Gasteiger partial charge is 0.205 e. The van der Waals surface area contributed by atoms with Gasteiger partial charge in [0, 0.05) is 19.2 Å². The Hall–Kier alpha value is -1.53. The van der Waals surface area contributed by atoms with Crippen LogP contribution in [0, 0.1) is 5.82 Å². The van der Waals surface area contributed by atoms with Crippen LogP contribution in [0.3, 0.4) is 0 Å². The third-order valence-corrected chi connectivity index (χ3v) is 3.41. The van der Waals surface area contributed by atoms with Crippen molar-refractivity contribution in [1.29, 1.82) is 0 Å². The Morgan fingerprint density at radius 2 is 2.06 bits per heavy atom. The number of halogens is 1. The highest BCUT2D eigenvalue weighted by molar-refractivity contribution is 7.15. The molecule has 0 saturated carbocycles. The maximum Gasteiger partial charge on any atom is 0.205 e. The van der Waals surface area contributed by atoms with Crippen LogP contribution in [0.25, 0.3) is 0 Å². The lowest BCUT2D eigenvalue weighted by Crippen LogP contribution is -2.17. The first kappa shape index (κ1) is 12.9. The van der Waals surface area contributed by atoms with Crippen molar-refractivity contribution < 1.29 is 4.39 Å². The molecular formula is C12H15FN4S. The normalized spacial score (nSPS) is 10.9. The molecule has 0 spiro atoms. The van der Waals surface area contributed by atoms with Gasteiger partial charge in [-0.2, -0.15) is 0 Å². The van der Waals surface area contributed by atoms with Gasteiger partial charge in [-0.15, -0.1) is 10.2 Å². The Morgan fingerprint density at radius 3 is 2.72 bits per heavy atom. The summed E-state index contributed by atoms with van der Waals surface area (Å²) in [4.78, 5) is 2.01. The van der Waals surface area contributed by atoms with E-state index >= 15 is 0 Å². The van der Waals surface area contributed by atoms with Crippen molar-refractivity contribution in [3.05, 3.63) is 40.7 Å². The lowest BCUT2D eigenvalue weighted by Gasteiger charge is -2.15. The zero-order valence-electron chi connectivity index (χ0n) is 10.4. The number of hydrogen-bond donors (Lipinski definition) is 1. The number of rotatable bonds is 5. The monoisotopic (exact) mass is 266 g/mol. The summed E-state index contributed by atoms with van der Waals surface area (Å²) in [6, 6.07) is 6.82. The zero-order chi connectivity index (χ0) is 13.0. The van der Waals surface area contributed by atoms with Crippen LogP contribution in [-0.2, 0) is 13.1 Å². The summed E-state index contributed by atoms with van der Waals surface area (Å²) in [6.45, 7) is 1.22. The summed E-state index contributed by atoms with van der Waals surface area (Å²) >= 11 is 1.51. The number of nitrogens with zero attached hydrogens (tertiary/aromatic N) is 3. The van der Waals surface area contributed by atoms with E-state index in [1.54, 1.807) is 12.1 Å². The van der Waals surface area contributed by atoms with Gasteiger partial charge in [-0.1, -0.05) is 29.5 Å². The van der Waals surface area contributed by atoms with Crippen molar-refractivity contribution in [2.45, 2.75) is 13.1 Å². The summed E-state index contributed by atoms with van der Waals surface area (Å²) in [5.74, 6) is -0.169. The topological polar surface area (TPSA) is 41.1 Å². The lowest BCUT2D eigenvalue weighted by molar-refractivity contribution is 0.312. The maximum atomic E-state index is 13.5. The quantitative estimate of drug-likeness (QED) is 0.902. The molecule has 0 fully saturated rings. The van der Waals surface area contributed by atoms with E-state index in [0.29, 0.717) is 18.7 Å². The molecule has 0 aliphatic heterocycles. The van der Waals surface area contributed by atoms with E-state index < -0.39 is 0 Å². The fourth-order valence-electron chi connectivity index (χ4n) is 1.62. The lowest BCUT2D eigenvalue weighted by atomic mass is 10.2. The van der Waals surface area contributed by atoms with E-state index in [0.717, 1.165) is 10.1 Å². The number of aromatic nitrogens is 2. The van der Waals surface area contributed by atoms with E-state index in [9.17, 15) is 4.39 Å². The molecule has 1 heterocycles. The summed E-state index contributed by atoms with van der Waals surface area (Å²) in [7, 11) is 3.75.